The quantitative estimate of drug-likeness (QED) is 0.679. The second-order valence-electron chi connectivity index (χ2n) is 5.82. The number of nitrogens with one attached hydrogen (secondary N) is 1. The van der Waals surface area contributed by atoms with Crippen LogP contribution >= 0.6 is 0 Å². The van der Waals surface area contributed by atoms with Crippen LogP contribution in [0.1, 0.15) is 12.2 Å². The SMILES string of the molecule is CN(C)Cc1nc(NCCCn2ccnc2)c2ccccc2n1. The Balaban J connectivity index is 1.72. The lowest BCUT2D eigenvalue weighted by molar-refractivity contribution is 0.391. The van der Waals surface area contributed by atoms with E-state index in [0.717, 1.165) is 48.6 Å². The molecule has 6 nitrogen and oxygen atoms in total. The van der Waals surface area contributed by atoms with E-state index in [0.29, 0.717) is 0 Å². The van der Waals surface area contributed by atoms with Crippen LogP contribution in [0.3, 0.4) is 0 Å². The Hall–Kier alpha value is -2.47. The third-order valence-electron chi connectivity index (χ3n) is 3.55. The number of benzene rings is 1. The molecule has 1 N–H and O–H groups in total. The van der Waals surface area contributed by atoms with Crippen molar-refractivity contribution in [3.63, 3.8) is 0 Å². The molecule has 0 spiro atoms. The van der Waals surface area contributed by atoms with Crippen molar-refractivity contribution in [3.05, 3.63) is 48.8 Å². The van der Waals surface area contributed by atoms with Gasteiger partial charge in [0.05, 0.1) is 18.4 Å². The monoisotopic (exact) mass is 310 g/mol. The Kier molecular flexibility index (Phi) is 4.83. The van der Waals surface area contributed by atoms with Gasteiger partial charge in [-0.05, 0) is 32.6 Å². The van der Waals surface area contributed by atoms with Gasteiger partial charge in [-0.1, -0.05) is 12.1 Å². The van der Waals surface area contributed by atoms with Crippen LogP contribution < -0.4 is 5.32 Å². The Labute approximate surface area is 136 Å². The summed E-state index contributed by atoms with van der Waals surface area (Å²) in [4.78, 5) is 15.5. The van der Waals surface area contributed by atoms with Gasteiger partial charge < -0.3 is 14.8 Å². The lowest BCUT2D eigenvalue weighted by Crippen LogP contribution is -2.15. The van der Waals surface area contributed by atoms with Crippen LogP contribution in [-0.2, 0) is 13.1 Å². The molecule has 120 valence electrons. The zero-order valence-corrected chi connectivity index (χ0v) is 13.6. The normalized spacial score (nSPS) is 11.3. The fourth-order valence-corrected chi connectivity index (χ4v) is 2.50. The minimum Gasteiger partial charge on any atom is -0.369 e. The number of hydrogen-bond acceptors (Lipinski definition) is 5. The van der Waals surface area contributed by atoms with E-state index in [2.05, 4.69) is 30.8 Å². The molecule has 3 rings (SSSR count). The summed E-state index contributed by atoms with van der Waals surface area (Å²) in [5, 5.41) is 4.53. The molecule has 0 saturated carbocycles. The van der Waals surface area contributed by atoms with Gasteiger partial charge in [-0.2, -0.15) is 0 Å². The molecule has 2 heterocycles. The summed E-state index contributed by atoms with van der Waals surface area (Å²) in [7, 11) is 4.05. The second kappa shape index (κ2) is 7.19. The molecule has 0 atom stereocenters. The van der Waals surface area contributed by atoms with Gasteiger partial charge in [-0.3, -0.25) is 0 Å². The number of imidazole rings is 1. The van der Waals surface area contributed by atoms with Crippen LogP contribution in [-0.4, -0.2) is 45.1 Å². The van der Waals surface area contributed by atoms with Crippen LogP contribution in [0.5, 0.6) is 0 Å². The minimum atomic E-state index is 0.731. The maximum absolute atomic E-state index is 4.69. The van der Waals surface area contributed by atoms with Crippen molar-refractivity contribution >= 4 is 16.7 Å². The molecule has 0 unspecified atom stereocenters. The highest BCUT2D eigenvalue weighted by Crippen LogP contribution is 2.20. The van der Waals surface area contributed by atoms with E-state index >= 15 is 0 Å². The largest absolute Gasteiger partial charge is 0.369 e. The smallest absolute Gasteiger partial charge is 0.145 e. The first-order valence-electron chi connectivity index (χ1n) is 7.82. The molecule has 3 aromatic rings. The molecule has 0 radical (unpaired) electrons. The highest BCUT2D eigenvalue weighted by Gasteiger charge is 2.07. The molecular weight excluding hydrogens is 288 g/mol. The van der Waals surface area contributed by atoms with Crippen molar-refractivity contribution in [2.24, 2.45) is 0 Å². The number of aryl methyl sites for hydroxylation is 1. The lowest BCUT2D eigenvalue weighted by Gasteiger charge is -2.13. The first kappa shape index (κ1) is 15.4. The van der Waals surface area contributed by atoms with Crippen molar-refractivity contribution < 1.29 is 0 Å². The molecular formula is C17H22N6. The lowest BCUT2D eigenvalue weighted by atomic mass is 10.2. The van der Waals surface area contributed by atoms with Crippen LogP contribution in [0, 0.1) is 0 Å². The summed E-state index contributed by atoms with van der Waals surface area (Å²) < 4.78 is 2.08. The van der Waals surface area contributed by atoms with Crippen molar-refractivity contribution in [2.75, 3.05) is 26.0 Å². The van der Waals surface area contributed by atoms with Gasteiger partial charge in [0, 0.05) is 30.9 Å². The Morgan fingerprint density at radius 2 is 2.04 bits per heavy atom. The van der Waals surface area contributed by atoms with Gasteiger partial charge in [0.1, 0.15) is 11.6 Å². The Morgan fingerprint density at radius 1 is 1.17 bits per heavy atom. The molecule has 6 heteroatoms. The fourth-order valence-electron chi connectivity index (χ4n) is 2.50. The van der Waals surface area contributed by atoms with Gasteiger partial charge in [0.2, 0.25) is 0 Å². The molecule has 0 aliphatic carbocycles. The van der Waals surface area contributed by atoms with Crippen LogP contribution in [0.25, 0.3) is 10.9 Å². The van der Waals surface area contributed by atoms with E-state index in [9.17, 15) is 0 Å². The van der Waals surface area contributed by atoms with Crippen molar-refractivity contribution in [2.45, 2.75) is 19.5 Å². The van der Waals surface area contributed by atoms with Gasteiger partial charge in [-0.15, -0.1) is 0 Å². The molecule has 23 heavy (non-hydrogen) atoms. The average molecular weight is 310 g/mol. The van der Waals surface area contributed by atoms with E-state index in [1.807, 2.05) is 44.8 Å². The Morgan fingerprint density at radius 3 is 2.83 bits per heavy atom. The molecule has 0 amide bonds. The number of rotatable bonds is 7. The van der Waals surface area contributed by atoms with Crippen molar-refractivity contribution in [1.29, 1.82) is 0 Å². The molecule has 0 fully saturated rings. The van der Waals surface area contributed by atoms with Crippen LogP contribution in [0.15, 0.2) is 43.0 Å². The predicted octanol–water partition coefficient (Wildman–Crippen LogP) is 2.39. The number of aromatic nitrogens is 4. The third-order valence-corrected chi connectivity index (χ3v) is 3.55. The Bertz CT molecular complexity index is 751. The van der Waals surface area contributed by atoms with Crippen LogP contribution in [0.2, 0.25) is 0 Å². The molecule has 0 bridgehead atoms. The van der Waals surface area contributed by atoms with Gasteiger partial charge in [0.25, 0.3) is 0 Å². The number of para-hydroxylation sites is 1. The summed E-state index contributed by atoms with van der Waals surface area (Å²) >= 11 is 0. The van der Waals surface area contributed by atoms with E-state index in [1.54, 1.807) is 6.20 Å². The van der Waals surface area contributed by atoms with Crippen LogP contribution in [0.4, 0.5) is 5.82 Å². The van der Waals surface area contributed by atoms with E-state index in [1.165, 1.54) is 0 Å². The zero-order valence-electron chi connectivity index (χ0n) is 13.6. The number of fused-ring (bicyclic) bond motifs is 1. The molecule has 0 aliphatic heterocycles. The summed E-state index contributed by atoms with van der Waals surface area (Å²) in [6.07, 6.45) is 6.64. The standard InChI is InChI=1S/C17H22N6/c1-22(2)12-16-20-15-7-4-3-6-14(15)17(21-16)19-8-5-10-23-11-9-18-13-23/h3-4,6-7,9,11,13H,5,8,10,12H2,1-2H3,(H,19,20,21). The van der Waals surface area contributed by atoms with Gasteiger partial charge >= 0.3 is 0 Å². The first-order valence-corrected chi connectivity index (χ1v) is 7.82. The summed E-state index contributed by atoms with van der Waals surface area (Å²) in [6.45, 7) is 2.54. The van der Waals surface area contributed by atoms with Crippen molar-refractivity contribution in [3.8, 4) is 0 Å². The molecule has 2 aromatic heterocycles. The van der Waals surface area contributed by atoms with Gasteiger partial charge in [0.15, 0.2) is 0 Å². The number of anilines is 1. The first-order chi connectivity index (χ1) is 11.2. The minimum absolute atomic E-state index is 0.731. The third kappa shape index (κ3) is 4.04. The summed E-state index contributed by atoms with van der Waals surface area (Å²) in [5.41, 5.74) is 0.983. The molecule has 1 aromatic carbocycles. The maximum atomic E-state index is 4.69. The average Bonchev–Trinajstić information content (AvgIpc) is 3.04. The highest BCUT2D eigenvalue weighted by molar-refractivity contribution is 5.88. The second-order valence-corrected chi connectivity index (χ2v) is 5.82. The topological polar surface area (TPSA) is 58.9 Å². The van der Waals surface area contributed by atoms with E-state index < -0.39 is 0 Å². The van der Waals surface area contributed by atoms with Gasteiger partial charge in [-0.25, -0.2) is 15.0 Å². The fraction of sp³-hybridized carbons (Fsp3) is 0.353. The highest BCUT2D eigenvalue weighted by atomic mass is 15.1. The number of nitrogens with zero attached hydrogens (tertiary/aromatic N) is 5. The predicted molar refractivity (Wildman–Crippen MR) is 92.3 cm³/mol. The molecule has 0 aliphatic rings. The maximum Gasteiger partial charge on any atom is 0.145 e. The van der Waals surface area contributed by atoms with Crippen molar-refractivity contribution in [1.82, 2.24) is 24.4 Å². The van der Waals surface area contributed by atoms with E-state index in [-0.39, 0.29) is 0 Å². The number of hydrogen-bond donors (Lipinski definition) is 1. The summed E-state index contributed by atoms with van der Waals surface area (Å²) in [5.74, 6) is 1.75. The summed E-state index contributed by atoms with van der Waals surface area (Å²) in [6, 6.07) is 8.13. The molecule has 0 saturated heterocycles. The van der Waals surface area contributed by atoms with E-state index in [4.69, 9.17) is 4.98 Å². The zero-order chi connectivity index (χ0) is 16.1.